The molecule has 1 aromatic carbocycles. The van der Waals surface area contributed by atoms with E-state index in [0.717, 1.165) is 18.8 Å². The Morgan fingerprint density at radius 3 is 1.76 bits per heavy atom. The molecule has 0 aliphatic heterocycles. The number of ether oxygens (including phenoxy) is 1. The zero-order chi connectivity index (χ0) is 25.1. The Morgan fingerprint density at radius 2 is 1.26 bits per heavy atom. The normalized spacial score (nSPS) is 13.7. The van der Waals surface area contributed by atoms with E-state index in [-0.39, 0.29) is 0 Å². The van der Waals surface area contributed by atoms with Gasteiger partial charge in [0.2, 0.25) is 0 Å². The molecule has 2 nitrogen and oxygen atoms in total. The quantitative estimate of drug-likeness (QED) is 0.120. The maximum absolute atomic E-state index is 5.79. The monoisotopic (exact) mass is 474 g/mol. The number of unbranched alkanes of at least 4 members (excludes halogenated alkanes) is 9. The zero-order valence-electron chi connectivity index (χ0n) is 24.1. The van der Waals surface area contributed by atoms with Gasteiger partial charge in [-0.05, 0) is 76.5 Å². The lowest BCUT2D eigenvalue weighted by molar-refractivity contribution is -0.976. The smallest absolute Gasteiger partial charge is 0.119 e. The number of nitrogens with zero attached hydrogens (tertiary/aromatic N) is 1. The van der Waals surface area contributed by atoms with Crippen molar-refractivity contribution in [2.24, 2.45) is 0 Å². The van der Waals surface area contributed by atoms with E-state index >= 15 is 0 Å². The van der Waals surface area contributed by atoms with Crippen molar-refractivity contribution in [2.45, 2.75) is 143 Å². The molecule has 0 radical (unpaired) electrons. The minimum absolute atomic E-state index is 0.380. The van der Waals surface area contributed by atoms with Crippen molar-refractivity contribution in [3.8, 4) is 5.75 Å². The van der Waals surface area contributed by atoms with Crippen LogP contribution in [0.5, 0.6) is 5.75 Å². The van der Waals surface area contributed by atoms with Crippen molar-refractivity contribution in [1.82, 2.24) is 0 Å². The van der Waals surface area contributed by atoms with Gasteiger partial charge in [-0.25, -0.2) is 0 Å². The van der Waals surface area contributed by atoms with Crippen molar-refractivity contribution in [1.29, 1.82) is 0 Å². The molecule has 1 unspecified atom stereocenters. The standard InChI is InChI=1S/C32H60NO/c1-7-13-15-17-19-21-28-33(11-5,27-20-18-16-14-8-2)32(9-3,10-4)26-25-30-23-22-24-31(29-30)34-12-6/h22-24,29H,7-21,25-28H2,1-6H3/q+1. The number of quaternary nitrogens is 1. The molecule has 0 aromatic heterocycles. The molecule has 0 N–H and O–H groups in total. The van der Waals surface area contributed by atoms with E-state index in [4.69, 9.17) is 4.74 Å². The fourth-order valence-electron chi connectivity index (χ4n) is 6.30. The second kappa shape index (κ2) is 18.3. The van der Waals surface area contributed by atoms with Gasteiger partial charge in [0.15, 0.2) is 0 Å². The second-order valence-corrected chi connectivity index (χ2v) is 10.6. The predicted octanol–water partition coefficient (Wildman–Crippen LogP) is 9.74. The lowest BCUT2D eigenvalue weighted by atomic mass is 9.80. The first-order valence-corrected chi connectivity index (χ1v) is 15.1. The van der Waals surface area contributed by atoms with Gasteiger partial charge in [0.05, 0.1) is 31.8 Å². The zero-order valence-corrected chi connectivity index (χ0v) is 24.1. The van der Waals surface area contributed by atoms with Crippen LogP contribution < -0.4 is 4.74 Å². The van der Waals surface area contributed by atoms with Crippen LogP contribution in [0.1, 0.15) is 137 Å². The number of hydrogen-bond donors (Lipinski definition) is 0. The molecule has 0 saturated carbocycles. The summed E-state index contributed by atoms with van der Waals surface area (Å²) < 4.78 is 7.13. The van der Waals surface area contributed by atoms with E-state index in [0.29, 0.717) is 5.54 Å². The Bertz CT molecular complexity index is 609. The van der Waals surface area contributed by atoms with Crippen molar-refractivity contribution in [3.05, 3.63) is 29.8 Å². The summed E-state index contributed by atoms with van der Waals surface area (Å²) in [5, 5.41) is 0. The molecule has 1 atom stereocenters. The first-order valence-electron chi connectivity index (χ1n) is 15.1. The summed E-state index contributed by atoms with van der Waals surface area (Å²) in [5.74, 6) is 1.03. The Hall–Kier alpha value is -1.02. The Labute approximate surface area is 214 Å². The Balaban J connectivity index is 3.01. The lowest BCUT2D eigenvalue weighted by Gasteiger charge is -2.54. The van der Waals surface area contributed by atoms with Crippen molar-refractivity contribution in [2.75, 3.05) is 26.2 Å². The highest BCUT2D eigenvalue weighted by molar-refractivity contribution is 5.28. The summed E-state index contributed by atoms with van der Waals surface area (Å²) in [5.41, 5.74) is 1.82. The molecule has 2 heteroatoms. The summed E-state index contributed by atoms with van der Waals surface area (Å²) in [4.78, 5) is 0. The molecule has 0 bridgehead atoms. The van der Waals surface area contributed by atoms with Gasteiger partial charge in [-0.3, -0.25) is 0 Å². The van der Waals surface area contributed by atoms with Gasteiger partial charge in [0, 0.05) is 6.42 Å². The van der Waals surface area contributed by atoms with Crippen LogP contribution in [0.4, 0.5) is 0 Å². The van der Waals surface area contributed by atoms with Gasteiger partial charge >= 0.3 is 0 Å². The van der Waals surface area contributed by atoms with Crippen LogP contribution in [0.3, 0.4) is 0 Å². The van der Waals surface area contributed by atoms with E-state index in [1.165, 1.54) is 120 Å². The van der Waals surface area contributed by atoms with E-state index in [1.54, 1.807) is 0 Å². The summed E-state index contributed by atoms with van der Waals surface area (Å²) in [6, 6.07) is 8.85. The maximum Gasteiger partial charge on any atom is 0.119 e. The fraction of sp³-hybridized carbons (Fsp3) is 0.812. The molecular formula is C32H60NO+. The van der Waals surface area contributed by atoms with Gasteiger partial charge in [-0.2, -0.15) is 0 Å². The van der Waals surface area contributed by atoms with Crippen molar-refractivity contribution in [3.63, 3.8) is 0 Å². The summed E-state index contributed by atoms with van der Waals surface area (Å²) >= 11 is 0. The van der Waals surface area contributed by atoms with Crippen LogP contribution >= 0.6 is 0 Å². The molecule has 1 rings (SSSR count). The maximum atomic E-state index is 5.79. The highest BCUT2D eigenvalue weighted by Crippen LogP contribution is 2.38. The molecule has 0 aliphatic carbocycles. The number of hydrogen-bond acceptors (Lipinski definition) is 1. The topological polar surface area (TPSA) is 9.23 Å². The third-order valence-electron chi connectivity index (χ3n) is 8.65. The van der Waals surface area contributed by atoms with E-state index in [1.807, 2.05) is 0 Å². The van der Waals surface area contributed by atoms with Crippen LogP contribution in [0.2, 0.25) is 0 Å². The third-order valence-corrected chi connectivity index (χ3v) is 8.65. The molecule has 0 heterocycles. The second-order valence-electron chi connectivity index (χ2n) is 10.6. The molecule has 34 heavy (non-hydrogen) atoms. The summed E-state index contributed by atoms with van der Waals surface area (Å²) in [6.45, 7) is 18.9. The minimum atomic E-state index is 0.380. The average molecular weight is 475 g/mol. The van der Waals surface area contributed by atoms with Crippen LogP contribution in [-0.4, -0.2) is 36.3 Å². The summed E-state index contributed by atoms with van der Waals surface area (Å²) in [7, 11) is 0. The molecule has 198 valence electrons. The van der Waals surface area contributed by atoms with Gasteiger partial charge in [-0.1, -0.05) is 84.8 Å². The number of benzene rings is 1. The first-order chi connectivity index (χ1) is 16.6. The Morgan fingerprint density at radius 1 is 0.706 bits per heavy atom. The van der Waals surface area contributed by atoms with Gasteiger partial charge in [0.1, 0.15) is 5.75 Å². The SMILES string of the molecule is CCCCCCCC[N+](CC)(CCCCCCC)C(CC)(CC)CCc1cccc(OCC)c1. The molecule has 1 aromatic rings. The highest BCUT2D eigenvalue weighted by Gasteiger charge is 2.46. The van der Waals surface area contributed by atoms with Crippen LogP contribution in [0, 0.1) is 0 Å². The van der Waals surface area contributed by atoms with Crippen LogP contribution in [-0.2, 0) is 6.42 Å². The van der Waals surface area contributed by atoms with Crippen molar-refractivity contribution >= 4 is 0 Å². The van der Waals surface area contributed by atoms with Crippen LogP contribution in [0.25, 0.3) is 0 Å². The minimum Gasteiger partial charge on any atom is -0.494 e. The van der Waals surface area contributed by atoms with E-state index in [2.05, 4.69) is 65.8 Å². The molecule has 0 saturated heterocycles. The average Bonchev–Trinajstić information content (AvgIpc) is 2.86. The molecule has 0 spiro atoms. The first kappa shape index (κ1) is 31.0. The molecular weight excluding hydrogens is 414 g/mol. The molecule has 0 amide bonds. The molecule has 0 fully saturated rings. The van der Waals surface area contributed by atoms with E-state index < -0.39 is 0 Å². The van der Waals surface area contributed by atoms with Gasteiger partial charge in [0.25, 0.3) is 0 Å². The third kappa shape index (κ3) is 9.92. The van der Waals surface area contributed by atoms with E-state index in [9.17, 15) is 0 Å². The summed E-state index contributed by atoms with van der Waals surface area (Å²) in [6.07, 6.45) is 20.3. The highest BCUT2D eigenvalue weighted by atomic mass is 16.5. The fourth-order valence-corrected chi connectivity index (χ4v) is 6.30. The van der Waals surface area contributed by atoms with Gasteiger partial charge < -0.3 is 9.22 Å². The van der Waals surface area contributed by atoms with Crippen LogP contribution in [0.15, 0.2) is 24.3 Å². The number of aryl methyl sites for hydroxylation is 1. The largest absolute Gasteiger partial charge is 0.494 e. The molecule has 0 aliphatic rings. The Kier molecular flexibility index (Phi) is 16.7. The van der Waals surface area contributed by atoms with Gasteiger partial charge in [-0.15, -0.1) is 0 Å². The predicted molar refractivity (Wildman–Crippen MR) is 152 cm³/mol. The number of rotatable bonds is 22. The lowest BCUT2D eigenvalue weighted by Crippen LogP contribution is -2.65. The van der Waals surface area contributed by atoms with Crippen molar-refractivity contribution < 1.29 is 9.22 Å².